The number of thioether (sulfide) groups is 1. The number of likely N-dealkylation sites (tertiary alicyclic amines) is 1. The predicted molar refractivity (Wildman–Crippen MR) is 129 cm³/mol. The first kappa shape index (κ1) is 22.2. The normalized spacial score (nSPS) is 19.2. The number of aliphatic hydroxyl groups is 1. The fourth-order valence-corrected chi connectivity index (χ4v) is 5.19. The van der Waals surface area contributed by atoms with Gasteiger partial charge in [0.25, 0.3) is 0 Å². The number of hydrogen-bond donors (Lipinski definition) is 3. The molecule has 2 aromatic rings. The van der Waals surface area contributed by atoms with Crippen molar-refractivity contribution in [3.63, 3.8) is 0 Å². The first-order valence-electron chi connectivity index (χ1n) is 11.3. The van der Waals surface area contributed by atoms with Gasteiger partial charge in [-0.15, -0.1) is 11.8 Å². The molecule has 31 heavy (non-hydrogen) atoms. The minimum atomic E-state index is -0.112. The van der Waals surface area contributed by atoms with E-state index in [-0.39, 0.29) is 6.10 Å². The maximum Gasteiger partial charge on any atom is 0.191 e. The number of nitrogens with one attached hydrogen (secondary N) is 2. The van der Waals surface area contributed by atoms with Crippen LogP contribution in [0.4, 0.5) is 0 Å². The third-order valence-corrected chi connectivity index (χ3v) is 7.63. The minimum absolute atomic E-state index is 0.112. The number of guanidine groups is 1. The fourth-order valence-electron chi connectivity index (χ4n) is 3.94. The summed E-state index contributed by atoms with van der Waals surface area (Å²) in [6, 6.07) is 19.5. The third kappa shape index (κ3) is 6.73. The highest BCUT2D eigenvalue weighted by atomic mass is 32.2. The summed E-state index contributed by atoms with van der Waals surface area (Å²) in [5, 5.41) is 16.6. The van der Waals surface area contributed by atoms with Gasteiger partial charge in [-0.25, -0.2) is 0 Å². The van der Waals surface area contributed by atoms with E-state index < -0.39 is 0 Å². The van der Waals surface area contributed by atoms with E-state index in [1.54, 1.807) is 0 Å². The van der Waals surface area contributed by atoms with Crippen LogP contribution >= 0.6 is 11.8 Å². The van der Waals surface area contributed by atoms with E-state index >= 15 is 0 Å². The quantitative estimate of drug-likeness (QED) is 0.434. The molecule has 1 aliphatic carbocycles. The Morgan fingerprint density at radius 3 is 2.35 bits per heavy atom. The number of aliphatic hydroxyl groups excluding tert-OH is 1. The standard InChI is InChI=1S/C25H34N4OS/c1-26-24(28-19-25(13-14-25)31-23-5-3-2-4-6-23)27-17-20-7-9-21(10-8-20)18-29-15-11-22(30)12-16-29/h2-10,22,30H,11-19H2,1H3,(H2,26,27,28). The van der Waals surface area contributed by atoms with Gasteiger partial charge in [0.15, 0.2) is 5.96 Å². The summed E-state index contributed by atoms with van der Waals surface area (Å²) in [5.74, 6) is 0.857. The molecule has 2 aromatic carbocycles. The number of aliphatic imine (C=N–C) groups is 1. The lowest BCUT2D eigenvalue weighted by Gasteiger charge is -2.29. The monoisotopic (exact) mass is 438 g/mol. The Balaban J connectivity index is 1.21. The molecular formula is C25H34N4OS. The number of rotatable bonds is 8. The van der Waals surface area contributed by atoms with E-state index in [1.807, 2.05) is 18.8 Å². The van der Waals surface area contributed by atoms with Gasteiger partial charge in [0.1, 0.15) is 0 Å². The molecule has 0 atom stereocenters. The molecule has 5 nitrogen and oxygen atoms in total. The van der Waals surface area contributed by atoms with Crippen molar-refractivity contribution in [1.29, 1.82) is 0 Å². The molecule has 4 rings (SSSR count). The second-order valence-corrected chi connectivity index (χ2v) is 10.2. The van der Waals surface area contributed by atoms with Gasteiger partial charge in [-0.3, -0.25) is 9.89 Å². The third-order valence-electron chi connectivity index (χ3n) is 6.13. The average molecular weight is 439 g/mol. The second-order valence-electron chi connectivity index (χ2n) is 8.70. The summed E-state index contributed by atoms with van der Waals surface area (Å²) < 4.78 is 0.297. The van der Waals surface area contributed by atoms with Gasteiger partial charge < -0.3 is 15.7 Å². The molecule has 1 aliphatic heterocycles. The summed E-state index contributed by atoms with van der Waals surface area (Å²) in [6.45, 7) is 4.61. The lowest BCUT2D eigenvalue weighted by molar-refractivity contribution is 0.0792. The lowest BCUT2D eigenvalue weighted by atomic mass is 10.1. The largest absolute Gasteiger partial charge is 0.393 e. The maximum absolute atomic E-state index is 9.66. The van der Waals surface area contributed by atoms with E-state index in [1.165, 1.54) is 28.9 Å². The Hall–Kier alpha value is -2.02. The summed E-state index contributed by atoms with van der Waals surface area (Å²) in [6.07, 6.45) is 4.15. The van der Waals surface area contributed by atoms with Gasteiger partial charge in [-0.1, -0.05) is 42.5 Å². The molecule has 0 spiro atoms. The summed E-state index contributed by atoms with van der Waals surface area (Å²) in [4.78, 5) is 8.16. The molecular weight excluding hydrogens is 404 g/mol. The molecule has 166 valence electrons. The summed E-state index contributed by atoms with van der Waals surface area (Å²) >= 11 is 1.98. The smallest absolute Gasteiger partial charge is 0.191 e. The van der Waals surface area contributed by atoms with Crippen molar-refractivity contribution in [2.45, 2.75) is 54.5 Å². The van der Waals surface area contributed by atoms with E-state index in [9.17, 15) is 5.11 Å². The molecule has 1 saturated carbocycles. The van der Waals surface area contributed by atoms with Crippen LogP contribution in [0.2, 0.25) is 0 Å². The highest BCUT2D eigenvalue weighted by Crippen LogP contribution is 2.51. The SMILES string of the molecule is CN=C(NCc1ccc(CN2CCC(O)CC2)cc1)NCC1(Sc2ccccc2)CC1. The molecule has 0 unspecified atom stereocenters. The zero-order valence-electron chi connectivity index (χ0n) is 18.4. The van der Waals surface area contributed by atoms with Gasteiger partial charge >= 0.3 is 0 Å². The predicted octanol–water partition coefficient (Wildman–Crippen LogP) is 3.63. The van der Waals surface area contributed by atoms with Gasteiger partial charge in [-0.05, 0) is 48.9 Å². The average Bonchev–Trinajstić information content (AvgIpc) is 3.56. The van der Waals surface area contributed by atoms with Gasteiger partial charge in [0.05, 0.1) is 6.10 Å². The van der Waals surface area contributed by atoms with Crippen LogP contribution in [0.1, 0.15) is 36.8 Å². The topological polar surface area (TPSA) is 59.9 Å². The highest BCUT2D eigenvalue weighted by Gasteiger charge is 2.43. The molecule has 0 aromatic heterocycles. The van der Waals surface area contributed by atoms with Gasteiger partial charge in [0, 0.05) is 49.4 Å². The first-order chi connectivity index (χ1) is 15.1. The Morgan fingerprint density at radius 2 is 1.71 bits per heavy atom. The summed E-state index contributed by atoms with van der Waals surface area (Å²) in [7, 11) is 1.83. The van der Waals surface area contributed by atoms with Gasteiger partial charge in [-0.2, -0.15) is 0 Å². The van der Waals surface area contributed by atoms with Crippen molar-refractivity contribution >= 4 is 17.7 Å². The van der Waals surface area contributed by atoms with Crippen molar-refractivity contribution in [3.05, 3.63) is 65.7 Å². The lowest BCUT2D eigenvalue weighted by Crippen LogP contribution is -2.40. The molecule has 1 heterocycles. The second kappa shape index (κ2) is 10.5. The molecule has 0 bridgehead atoms. The molecule has 3 N–H and O–H groups in total. The number of benzene rings is 2. The molecule has 2 aliphatic rings. The van der Waals surface area contributed by atoms with E-state index in [2.05, 4.69) is 75.1 Å². The number of nitrogens with zero attached hydrogens (tertiary/aromatic N) is 2. The van der Waals surface area contributed by atoms with Crippen molar-refractivity contribution in [2.75, 3.05) is 26.7 Å². The van der Waals surface area contributed by atoms with Crippen LogP contribution in [-0.4, -0.2) is 53.5 Å². The van der Waals surface area contributed by atoms with Crippen molar-refractivity contribution in [1.82, 2.24) is 15.5 Å². The molecule has 1 saturated heterocycles. The van der Waals surface area contributed by atoms with E-state index in [4.69, 9.17) is 0 Å². The van der Waals surface area contributed by atoms with Crippen molar-refractivity contribution in [2.24, 2.45) is 4.99 Å². The molecule has 2 fully saturated rings. The van der Waals surface area contributed by atoms with Crippen LogP contribution in [-0.2, 0) is 13.1 Å². The Kier molecular flexibility index (Phi) is 7.54. The fraction of sp³-hybridized carbons (Fsp3) is 0.480. The first-order valence-corrected chi connectivity index (χ1v) is 12.1. The highest BCUT2D eigenvalue weighted by molar-refractivity contribution is 8.01. The van der Waals surface area contributed by atoms with Crippen LogP contribution in [0.15, 0.2) is 64.5 Å². The minimum Gasteiger partial charge on any atom is -0.393 e. The van der Waals surface area contributed by atoms with Crippen LogP contribution in [0.5, 0.6) is 0 Å². The van der Waals surface area contributed by atoms with Crippen LogP contribution < -0.4 is 10.6 Å². The summed E-state index contributed by atoms with van der Waals surface area (Å²) in [5.41, 5.74) is 2.58. The Bertz CT molecular complexity index is 844. The van der Waals surface area contributed by atoms with Crippen molar-refractivity contribution < 1.29 is 5.11 Å². The zero-order chi connectivity index (χ0) is 21.5. The zero-order valence-corrected chi connectivity index (χ0v) is 19.2. The van der Waals surface area contributed by atoms with Crippen LogP contribution in [0.3, 0.4) is 0 Å². The van der Waals surface area contributed by atoms with Gasteiger partial charge in [0.2, 0.25) is 0 Å². The number of hydrogen-bond acceptors (Lipinski definition) is 4. The van der Waals surface area contributed by atoms with E-state index in [0.717, 1.165) is 51.5 Å². The van der Waals surface area contributed by atoms with Crippen LogP contribution in [0, 0.1) is 0 Å². The molecule has 0 radical (unpaired) electrons. The molecule has 6 heteroatoms. The molecule has 0 amide bonds. The Morgan fingerprint density at radius 1 is 1.03 bits per heavy atom. The Labute approximate surface area is 190 Å². The maximum atomic E-state index is 9.66. The van der Waals surface area contributed by atoms with Crippen LogP contribution in [0.25, 0.3) is 0 Å². The van der Waals surface area contributed by atoms with E-state index in [0.29, 0.717) is 4.75 Å². The number of piperidine rings is 1. The van der Waals surface area contributed by atoms with Crippen molar-refractivity contribution in [3.8, 4) is 0 Å².